The van der Waals surface area contributed by atoms with Crippen molar-refractivity contribution in [3.05, 3.63) is 24.0 Å². The van der Waals surface area contributed by atoms with E-state index in [2.05, 4.69) is 22.9 Å². The van der Waals surface area contributed by atoms with Gasteiger partial charge in [-0.15, -0.1) is 0 Å². The summed E-state index contributed by atoms with van der Waals surface area (Å²) in [7, 11) is 0. The Morgan fingerprint density at radius 2 is 2.33 bits per heavy atom. The highest BCUT2D eigenvalue weighted by molar-refractivity contribution is 14.1. The van der Waals surface area contributed by atoms with Crippen molar-refractivity contribution in [3.63, 3.8) is 0 Å². The predicted molar refractivity (Wildman–Crippen MR) is 52.4 cm³/mol. The molecule has 1 fully saturated rings. The van der Waals surface area contributed by atoms with Gasteiger partial charge in [0.15, 0.2) is 0 Å². The Labute approximate surface area is 83.9 Å². The largest absolute Gasteiger partial charge is 0.481 e. The van der Waals surface area contributed by atoms with E-state index in [1.54, 1.807) is 0 Å². The lowest BCUT2D eigenvalue weighted by atomic mass is 10.00. The number of hydrogen-bond acceptors (Lipinski definition) is 1. The molecule has 0 aliphatic heterocycles. The molecule has 4 heteroatoms. The van der Waals surface area contributed by atoms with Crippen molar-refractivity contribution in [3.8, 4) is 0 Å². The van der Waals surface area contributed by atoms with Gasteiger partial charge in [-0.3, -0.25) is 7.58 Å². The van der Waals surface area contributed by atoms with Crippen LogP contribution in [0.15, 0.2) is 18.5 Å². The van der Waals surface area contributed by atoms with Crippen molar-refractivity contribution in [1.82, 2.24) is 2.78 Å². The molecule has 0 spiro atoms. The minimum absolute atomic E-state index is 0.545. The summed E-state index contributed by atoms with van der Waals surface area (Å²) in [4.78, 5) is 10.9. The van der Waals surface area contributed by atoms with Gasteiger partial charge in [-0.1, -0.05) is 0 Å². The van der Waals surface area contributed by atoms with Crippen LogP contribution in [0.25, 0.3) is 0 Å². The molecule has 1 heterocycles. The average Bonchev–Trinajstić information content (AvgIpc) is 2.71. The van der Waals surface area contributed by atoms with E-state index in [9.17, 15) is 4.79 Å². The van der Waals surface area contributed by atoms with Gasteiger partial charge in [0.25, 0.3) is 0 Å². The van der Waals surface area contributed by atoms with Crippen LogP contribution in [-0.2, 0) is 10.2 Å². The van der Waals surface area contributed by atoms with Crippen molar-refractivity contribution in [2.45, 2.75) is 18.3 Å². The standard InChI is InChI=1S/C8H8INO2/c9-10-4-1-6(5-10)8(2-3-8)7(11)12/h1,4-5H,2-3H2,(H,11,12). The minimum Gasteiger partial charge on any atom is -0.481 e. The van der Waals surface area contributed by atoms with Gasteiger partial charge in [-0.2, -0.15) is 0 Å². The number of carboxylic acids is 1. The lowest BCUT2D eigenvalue weighted by Crippen LogP contribution is -2.18. The van der Waals surface area contributed by atoms with E-state index in [1.165, 1.54) is 0 Å². The van der Waals surface area contributed by atoms with E-state index in [4.69, 9.17) is 5.11 Å². The second kappa shape index (κ2) is 2.48. The summed E-state index contributed by atoms with van der Waals surface area (Å²) in [5.74, 6) is -0.690. The molecule has 1 aliphatic rings. The summed E-state index contributed by atoms with van der Waals surface area (Å²) in [6.45, 7) is 0. The van der Waals surface area contributed by atoms with Crippen molar-refractivity contribution >= 4 is 28.8 Å². The van der Waals surface area contributed by atoms with Gasteiger partial charge >= 0.3 is 5.97 Å². The molecule has 12 heavy (non-hydrogen) atoms. The van der Waals surface area contributed by atoms with Crippen LogP contribution in [0.1, 0.15) is 18.4 Å². The zero-order valence-corrected chi connectivity index (χ0v) is 8.48. The van der Waals surface area contributed by atoms with Crippen LogP contribution in [0.4, 0.5) is 0 Å². The van der Waals surface area contributed by atoms with E-state index < -0.39 is 11.4 Å². The van der Waals surface area contributed by atoms with E-state index >= 15 is 0 Å². The zero-order chi connectivity index (χ0) is 8.77. The summed E-state index contributed by atoms with van der Waals surface area (Å²) >= 11 is 2.12. The molecular formula is C8H8INO2. The third-order valence-corrected chi connectivity index (χ3v) is 2.97. The quantitative estimate of drug-likeness (QED) is 0.837. The van der Waals surface area contributed by atoms with Gasteiger partial charge in [-0.25, -0.2) is 0 Å². The molecule has 0 aromatic carbocycles. The van der Waals surface area contributed by atoms with Crippen LogP contribution in [0.2, 0.25) is 0 Å². The highest BCUT2D eigenvalue weighted by Crippen LogP contribution is 2.48. The monoisotopic (exact) mass is 277 g/mol. The molecule has 0 saturated heterocycles. The first kappa shape index (κ1) is 8.10. The number of carbonyl (C=O) groups is 1. The molecule has 1 aromatic rings. The highest BCUT2D eigenvalue weighted by Gasteiger charge is 2.52. The van der Waals surface area contributed by atoms with Crippen LogP contribution < -0.4 is 0 Å². The van der Waals surface area contributed by atoms with Crippen LogP contribution in [0.3, 0.4) is 0 Å². The van der Waals surface area contributed by atoms with Crippen molar-refractivity contribution < 1.29 is 9.90 Å². The molecular weight excluding hydrogens is 269 g/mol. The van der Waals surface area contributed by atoms with E-state index in [0.29, 0.717) is 0 Å². The molecule has 0 bridgehead atoms. The van der Waals surface area contributed by atoms with Crippen LogP contribution in [0.5, 0.6) is 0 Å². The topological polar surface area (TPSA) is 42.2 Å². The summed E-state index contributed by atoms with van der Waals surface area (Å²) in [6, 6.07) is 1.88. The number of halogens is 1. The van der Waals surface area contributed by atoms with Gasteiger partial charge in [0.1, 0.15) is 0 Å². The maximum atomic E-state index is 10.9. The van der Waals surface area contributed by atoms with Crippen molar-refractivity contribution in [1.29, 1.82) is 0 Å². The van der Waals surface area contributed by atoms with Gasteiger partial charge < -0.3 is 5.11 Å². The van der Waals surface area contributed by atoms with E-state index in [-0.39, 0.29) is 0 Å². The molecule has 2 rings (SSSR count). The fourth-order valence-electron chi connectivity index (χ4n) is 1.40. The fourth-order valence-corrected chi connectivity index (χ4v) is 1.87. The molecule has 0 radical (unpaired) electrons. The molecule has 0 atom stereocenters. The maximum absolute atomic E-state index is 10.9. The maximum Gasteiger partial charge on any atom is 0.314 e. The first-order valence-corrected chi connectivity index (χ1v) is 4.70. The molecule has 64 valence electrons. The average molecular weight is 277 g/mol. The molecule has 1 N–H and O–H groups in total. The first-order valence-electron chi connectivity index (χ1n) is 3.73. The van der Waals surface area contributed by atoms with Gasteiger partial charge in [0.2, 0.25) is 0 Å². The third kappa shape index (κ3) is 1.05. The number of aliphatic carboxylic acids is 1. The molecule has 1 aromatic heterocycles. The Morgan fingerprint density at radius 1 is 1.67 bits per heavy atom. The second-order valence-corrected chi connectivity index (χ2v) is 4.25. The lowest BCUT2D eigenvalue weighted by molar-refractivity contribution is -0.140. The zero-order valence-electron chi connectivity index (χ0n) is 6.33. The Hall–Kier alpha value is -0.520. The van der Waals surface area contributed by atoms with Gasteiger partial charge in [0.05, 0.1) is 28.3 Å². The van der Waals surface area contributed by atoms with Crippen molar-refractivity contribution in [2.24, 2.45) is 0 Å². The molecule has 0 amide bonds. The van der Waals surface area contributed by atoms with Crippen LogP contribution in [0, 0.1) is 0 Å². The number of nitrogens with zero attached hydrogens (tertiary/aromatic N) is 1. The number of hydrogen-bond donors (Lipinski definition) is 1. The van der Waals surface area contributed by atoms with Crippen molar-refractivity contribution in [2.75, 3.05) is 0 Å². The SMILES string of the molecule is O=C(O)C1(c2ccn(I)c2)CC1. The number of aromatic nitrogens is 1. The molecule has 1 saturated carbocycles. The number of rotatable bonds is 2. The van der Waals surface area contributed by atoms with Crippen LogP contribution in [-0.4, -0.2) is 13.9 Å². The lowest BCUT2D eigenvalue weighted by Gasteiger charge is -2.05. The Bertz CT molecular complexity index is 328. The number of carboxylic acid groups (broad SMARTS) is 1. The normalized spacial score (nSPS) is 19.1. The van der Waals surface area contributed by atoms with Gasteiger partial charge in [-0.05, 0) is 24.5 Å². The highest BCUT2D eigenvalue weighted by atomic mass is 127. The summed E-state index contributed by atoms with van der Waals surface area (Å²) in [5, 5.41) is 8.95. The molecule has 1 aliphatic carbocycles. The summed E-state index contributed by atoms with van der Waals surface area (Å²) in [6.07, 6.45) is 5.31. The Balaban J connectivity index is 2.36. The van der Waals surface area contributed by atoms with E-state index in [0.717, 1.165) is 18.4 Å². The van der Waals surface area contributed by atoms with Crippen LogP contribution >= 0.6 is 22.9 Å². The third-order valence-electron chi connectivity index (χ3n) is 2.37. The first-order chi connectivity index (χ1) is 5.65. The predicted octanol–water partition coefficient (Wildman–Crippen LogP) is 1.80. The van der Waals surface area contributed by atoms with E-state index in [1.807, 2.05) is 21.2 Å². The molecule has 3 nitrogen and oxygen atoms in total. The van der Waals surface area contributed by atoms with Gasteiger partial charge in [0, 0.05) is 12.4 Å². The molecule has 0 unspecified atom stereocenters. The Kier molecular flexibility index (Phi) is 1.67. The summed E-state index contributed by atoms with van der Waals surface area (Å²) in [5.41, 5.74) is 0.389. The second-order valence-electron chi connectivity index (χ2n) is 3.13. The summed E-state index contributed by atoms with van der Waals surface area (Å²) < 4.78 is 1.86. The minimum atomic E-state index is -0.690. The Morgan fingerprint density at radius 3 is 2.67 bits per heavy atom. The fraction of sp³-hybridized carbons (Fsp3) is 0.375. The smallest absolute Gasteiger partial charge is 0.314 e.